The van der Waals surface area contributed by atoms with Crippen molar-refractivity contribution in [2.24, 2.45) is 11.8 Å². The molecule has 0 saturated carbocycles. The highest BCUT2D eigenvalue weighted by Crippen LogP contribution is 2.37. The quantitative estimate of drug-likeness (QED) is 0.222. The van der Waals surface area contributed by atoms with Crippen molar-refractivity contribution in [1.82, 2.24) is 29.7 Å². The number of hydrogen-bond donors (Lipinski definition) is 3. The van der Waals surface area contributed by atoms with Gasteiger partial charge in [0, 0.05) is 6.54 Å². The summed E-state index contributed by atoms with van der Waals surface area (Å²) < 4.78 is 32.0. The number of rotatable bonds is 15. The molecule has 0 unspecified atom stereocenters. The van der Waals surface area contributed by atoms with E-state index in [4.69, 9.17) is 19.9 Å². The summed E-state index contributed by atoms with van der Waals surface area (Å²) >= 11 is 0. The fraction of sp³-hybridized carbons (Fsp3) is 0.696. The number of imidazole rings is 1. The van der Waals surface area contributed by atoms with Crippen molar-refractivity contribution in [3.8, 4) is 0 Å². The van der Waals surface area contributed by atoms with E-state index in [9.17, 15) is 14.2 Å². The predicted octanol–water partition coefficient (Wildman–Crippen LogP) is 2.32. The van der Waals surface area contributed by atoms with Crippen LogP contribution in [0.3, 0.4) is 0 Å². The molecule has 0 aromatic carbocycles. The Labute approximate surface area is 217 Å². The van der Waals surface area contributed by atoms with E-state index < -0.39 is 37.4 Å². The lowest BCUT2D eigenvalue weighted by atomic mass is 10.2. The number of carbonyl (C=O) groups excluding carboxylic acids is 2. The molecule has 208 valence electrons. The number of hydrogen-bond acceptors (Lipinski definition) is 10. The first kappa shape index (κ1) is 30.6. The van der Waals surface area contributed by atoms with Crippen LogP contribution >= 0.6 is 7.44 Å². The summed E-state index contributed by atoms with van der Waals surface area (Å²) in [4.78, 5) is 37.0. The number of ether oxygens (including phenoxy) is 3. The number of esters is 2. The van der Waals surface area contributed by atoms with Crippen LogP contribution < -0.4 is 15.9 Å². The largest absolute Gasteiger partial charge is 0.464 e. The Balaban J connectivity index is 2.07. The molecular formula is C23H40N7O6P. The van der Waals surface area contributed by atoms with Gasteiger partial charge in [-0.05, 0) is 33.6 Å². The number of nitrogens with zero attached hydrogens (tertiary/aromatic N) is 4. The first-order valence-corrected chi connectivity index (χ1v) is 14.2. The maximum atomic E-state index is 13.8. The zero-order valence-corrected chi connectivity index (χ0v) is 23.5. The molecule has 0 aliphatic heterocycles. The van der Waals surface area contributed by atoms with Crippen molar-refractivity contribution < 1.29 is 28.4 Å². The highest BCUT2D eigenvalue weighted by atomic mass is 31.2. The molecule has 0 aliphatic rings. The molecule has 2 aromatic rings. The number of fused-ring (bicyclic) bond motifs is 1. The third-order valence-corrected chi connectivity index (χ3v) is 7.16. The van der Waals surface area contributed by atoms with Gasteiger partial charge in [-0.3, -0.25) is 19.2 Å². The van der Waals surface area contributed by atoms with Crippen molar-refractivity contribution in [2.75, 3.05) is 25.2 Å². The highest BCUT2D eigenvalue weighted by Gasteiger charge is 2.30. The van der Waals surface area contributed by atoms with Crippen LogP contribution in [-0.2, 0) is 34.9 Å². The Kier molecular flexibility index (Phi) is 11.4. The van der Waals surface area contributed by atoms with Gasteiger partial charge in [-0.2, -0.15) is 0 Å². The molecule has 0 spiro atoms. The average molecular weight is 542 g/mol. The molecule has 2 heterocycles. The van der Waals surface area contributed by atoms with Gasteiger partial charge in [0.15, 0.2) is 11.5 Å². The monoisotopic (exact) mass is 541 g/mol. The smallest absolute Gasteiger partial charge is 0.323 e. The standard InChI is InChI=1S/C23H40N7O6P/c1-14(2)10-34-23(32)18(7)29-37(33,28-8-16(5)22(31)36-15(3)4)13-35-17(6)9-30-12-27-19-20(24)25-11-26-21(19)30/h11-12,14-18H,8-10,13H2,1-7H3,(H2,24,25,26)(H2,28,29,33)/t16-,17+,18-,37+/m0/s1. The van der Waals surface area contributed by atoms with E-state index in [1.165, 1.54) is 6.33 Å². The summed E-state index contributed by atoms with van der Waals surface area (Å²) in [6, 6.07) is -0.869. The summed E-state index contributed by atoms with van der Waals surface area (Å²) in [5, 5.41) is 5.75. The fourth-order valence-corrected chi connectivity index (χ4v) is 5.20. The molecule has 0 saturated heterocycles. The normalized spacial score (nSPS) is 15.9. The second-order valence-corrected chi connectivity index (χ2v) is 12.1. The zero-order chi connectivity index (χ0) is 27.8. The van der Waals surface area contributed by atoms with Crippen molar-refractivity contribution in [3.05, 3.63) is 12.7 Å². The molecule has 4 N–H and O–H groups in total. The summed E-state index contributed by atoms with van der Waals surface area (Å²) in [6.45, 7) is 13.1. The molecular weight excluding hydrogens is 501 g/mol. The number of carbonyl (C=O) groups is 2. The molecule has 0 fully saturated rings. The third kappa shape index (κ3) is 9.66. The van der Waals surface area contributed by atoms with Gasteiger partial charge in [0.2, 0.25) is 7.44 Å². The Hall–Kier alpha value is -2.60. The first-order chi connectivity index (χ1) is 17.3. The molecule has 37 heavy (non-hydrogen) atoms. The van der Waals surface area contributed by atoms with Crippen LogP contribution in [0.5, 0.6) is 0 Å². The maximum Gasteiger partial charge on any atom is 0.323 e. The molecule has 0 radical (unpaired) electrons. The summed E-state index contributed by atoms with van der Waals surface area (Å²) in [7, 11) is -3.51. The summed E-state index contributed by atoms with van der Waals surface area (Å²) in [5.41, 5.74) is 6.89. The highest BCUT2D eigenvalue weighted by molar-refractivity contribution is 7.59. The summed E-state index contributed by atoms with van der Waals surface area (Å²) in [6.07, 6.45) is 2.03. The molecule has 4 atom stereocenters. The van der Waals surface area contributed by atoms with Crippen LogP contribution in [0.1, 0.15) is 48.5 Å². The summed E-state index contributed by atoms with van der Waals surface area (Å²) in [5.74, 6) is -1.07. The number of nitrogen functional groups attached to an aromatic ring is 1. The lowest BCUT2D eigenvalue weighted by Gasteiger charge is -2.26. The Bertz CT molecular complexity index is 1090. The first-order valence-electron chi connectivity index (χ1n) is 12.3. The minimum atomic E-state index is -3.51. The molecule has 0 bridgehead atoms. The van der Waals surface area contributed by atoms with E-state index in [1.807, 2.05) is 20.8 Å². The number of anilines is 1. The van der Waals surface area contributed by atoms with Gasteiger partial charge in [-0.25, -0.2) is 20.0 Å². The lowest BCUT2D eigenvalue weighted by Crippen LogP contribution is -2.40. The molecule has 0 amide bonds. The van der Waals surface area contributed by atoms with Gasteiger partial charge in [0.25, 0.3) is 0 Å². The second-order valence-electron chi connectivity index (χ2n) is 9.80. The molecule has 14 heteroatoms. The third-order valence-electron chi connectivity index (χ3n) is 5.15. The van der Waals surface area contributed by atoms with E-state index in [1.54, 1.807) is 38.6 Å². The van der Waals surface area contributed by atoms with Crippen LogP contribution in [-0.4, -0.2) is 69.2 Å². The van der Waals surface area contributed by atoms with E-state index in [-0.39, 0.29) is 37.3 Å². The van der Waals surface area contributed by atoms with Gasteiger partial charge in [-0.1, -0.05) is 20.8 Å². The Morgan fingerprint density at radius 2 is 1.78 bits per heavy atom. The van der Waals surface area contributed by atoms with Gasteiger partial charge >= 0.3 is 11.9 Å². The topological polar surface area (TPSA) is 173 Å². The maximum absolute atomic E-state index is 13.8. The minimum Gasteiger partial charge on any atom is -0.464 e. The van der Waals surface area contributed by atoms with Crippen LogP contribution in [0.2, 0.25) is 0 Å². The average Bonchev–Trinajstić information content (AvgIpc) is 3.23. The van der Waals surface area contributed by atoms with E-state index in [0.717, 1.165) is 0 Å². The van der Waals surface area contributed by atoms with Crippen molar-refractivity contribution in [2.45, 2.75) is 73.3 Å². The Morgan fingerprint density at radius 1 is 1.08 bits per heavy atom. The van der Waals surface area contributed by atoms with E-state index >= 15 is 0 Å². The number of nitrogens with one attached hydrogen (secondary N) is 2. The van der Waals surface area contributed by atoms with Crippen LogP contribution in [0, 0.1) is 11.8 Å². The van der Waals surface area contributed by atoms with Gasteiger partial charge < -0.3 is 24.5 Å². The minimum absolute atomic E-state index is 0.0592. The van der Waals surface area contributed by atoms with Crippen molar-refractivity contribution in [3.63, 3.8) is 0 Å². The van der Waals surface area contributed by atoms with Crippen molar-refractivity contribution >= 4 is 36.4 Å². The Morgan fingerprint density at radius 3 is 2.43 bits per heavy atom. The van der Waals surface area contributed by atoms with Crippen LogP contribution in [0.15, 0.2) is 12.7 Å². The molecule has 0 aliphatic carbocycles. The SMILES string of the molecule is CC(C)COC(=O)[C@H](C)N[P@@](=O)(CO[C@H](C)Cn1cnc2c(N)ncnc21)NC[C@H](C)C(=O)OC(C)C. The molecule has 2 rings (SSSR count). The lowest BCUT2D eigenvalue weighted by molar-refractivity contribution is -0.151. The number of nitrogens with two attached hydrogens (primary N) is 1. The van der Waals surface area contributed by atoms with Gasteiger partial charge in [0.05, 0.1) is 37.6 Å². The van der Waals surface area contributed by atoms with E-state index in [0.29, 0.717) is 17.7 Å². The van der Waals surface area contributed by atoms with Crippen LogP contribution in [0.25, 0.3) is 11.2 Å². The predicted molar refractivity (Wildman–Crippen MR) is 140 cm³/mol. The van der Waals surface area contributed by atoms with Crippen LogP contribution in [0.4, 0.5) is 5.82 Å². The van der Waals surface area contributed by atoms with Gasteiger partial charge in [0.1, 0.15) is 24.2 Å². The van der Waals surface area contributed by atoms with Gasteiger partial charge in [-0.15, -0.1) is 0 Å². The molecule has 2 aromatic heterocycles. The fourth-order valence-electron chi connectivity index (χ4n) is 3.18. The molecule has 13 nitrogen and oxygen atoms in total. The number of aromatic nitrogens is 4. The zero-order valence-electron chi connectivity index (χ0n) is 22.6. The second kappa shape index (κ2) is 13.8. The van der Waals surface area contributed by atoms with Crippen molar-refractivity contribution in [1.29, 1.82) is 0 Å². The van der Waals surface area contributed by atoms with E-state index in [2.05, 4.69) is 25.1 Å².